The minimum atomic E-state index is -0.874. The summed E-state index contributed by atoms with van der Waals surface area (Å²) in [4.78, 5) is 50.2. The molecule has 45 heavy (non-hydrogen) atoms. The van der Waals surface area contributed by atoms with Gasteiger partial charge in [-0.1, -0.05) is 72.8 Å². The first-order valence-corrected chi connectivity index (χ1v) is 15.1. The molecule has 3 heterocycles. The molecule has 0 radical (unpaired) electrons. The molecule has 0 saturated carbocycles. The van der Waals surface area contributed by atoms with Crippen LogP contribution in [0, 0.1) is 0 Å². The number of urea groups is 1. The number of pyridine rings is 1. The molecule has 0 unspecified atom stereocenters. The van der Waals surface area contributed by atoms with Crippen LogP contribution in [0.5, 0.6) is 5.75 Å². The van der Waals surface area contributed by atoms with Crippen LogP contribution in [-0.4, -0.2) is 79.6 Å². The fraction of sp³-hybridized carbons (Fsp3) is 0.257. The quantitative estimate of drug-likeness (QED) is 0.292. The third-order valence-electron chi connectivity index (χ3n) is 8.56. The number of nitrogens with zero attached hydrogens (tertiary/aromatic N) is 5. The van der Waals surface area contributed by atoms with Gasteiger partial charge in [-0.25, -0.2) is 14.8 Å². The van der Waals surface area contributed by atoms with Crippen LogP contribution in [0.3, 0.4) is 0 Å². The van der Waals surface area contributed by atoms with E-state index in [4.69, 9.17) is 0 Å². The maximum absolute atomic E-state index is 14.5. The number of rotatable bonds is 8. The fourth-order valence-corrected chi connectivity index (χ4v) is 6.35. The Balaban J connectivity index is 1.40. The smallest absolute Gasteiger partial charge is 0.334 e. The normalized spacial score (nSPS) is 19.4. The highest BCUT2D eigenvalue weighted by Gasteiger charge is 2.52. The summed E-state index contributed by atoms with van der Waals surface area (Å²) in [6.07, 6.45) is 2.84. The molecule has 10 heteroatoms. The number of amides is 4. The molecule has 0 bridgehead atoms. The number of nitrogens with one attached hydrogen (secondary N) is 1. The second-order valence-electron chi connectivity index (χ2n) is 11.4. The van der Waals surface area contributed by atoms with Gasteiger partial charge in [-0.2, -0.15) is 0 Å². The van der Waals surface area contributed by atoms with Crippen LogP contribution in [0.25, 0.3) is 10.9 Å². The number of fused-ring (bicyclic) bond motifs is 2. The van der Waals surface area contributed by atoms with Crippen LogP contribution >= 0.6 is 0 Å². The number of aromatic hydroxyl groups is 1. The summed E-state index contributed by atoms with van der Waals surface area (Å²) in [6.45, 7) is 6.41. The largest absolute Gasteiger partial charge is 0.508 e. The summed E-state index contributed by atoms with van der Waals surface area (Å²) in [5.41, 5.74) is 3.40. The predicted octanol–water partition coefficient (Wildman–Crippen LogP) is 4.24. The highest BCUT2D eigenvalue weighted by Crippen LogP contribution is 2.34. The molecule has 3 aromatic carbocycles. The van der Waals surface area contributed by atoms with Gasteiger partial charge in [0.2, 0.25) is 11.8 Å². The van der Waals surface area contributed by atoms with Gasteiger partial charge in [0.05, 0.1) is 24.6 Å². The topological polar surface area (TPSA) is 109 Å². The third kappa shape index (κ3) is 5.97. The van der Waals surface area contributed by atoms with Crippen molar-refractivity contribution in [1.82, 2.24) is 30.1 Å². The lowest BCUT2D eigenvalue weighted by Gasteiger charge is -2.56. The molecule has 2 aliphatic rings. The van der Waals surface area contributed by atoms with Crippen LogP contribution < -0.4 is 5.32 Å². The average molecular weight is 605 g/mol. The molecule has 2 aliphatic heterocycles. The number of phenols is 1. The van der Waals surface area contributed by atoms with E-state index in [1.54, 1.807) is 56.4 Å². The maximum atomic E-state index is 14.5. The van der Waals surface area contributed by atoms with Crippen molar-refractivity contribution in [2.24, 2.45) is 0 Å². The van der Waals surface area contributed by atoms with Gasteiger partial charge in [0.25, 0.3) is 0 Å². The van der Waals surface area contributed by atoms with Crippen LogP contribution in [0.4, 0.5) is 4.79 Å². The highest BCUT2D eigenvalue weighted by molar-refractivity contribution is 5.92. The molecular weight excluding hydrogens is 568 g/mol. The average Bonchev–Trinajstić information content (AvgIpc) is 3.06. The van der Waals surface area contributed by atoms with Gasteiger partial charge in [-0.3, -0.25) is 14.6 Å². The second-order valence-corrected chi connectivity index (χ2v) is 11.4. The van der Waals surface area contributed by atoms with Crippen molar-refractivity contribution >= 4 is 28.7 Å². The summed E-state index contributed by atoms with van der Waals surface area (Å²) < 4.78 is 0. The molecule has 1 aromatic heterocycles. The van der Waals surface area contributed by atoms with Crippen LogP contribution in [-0.2, 0) is 22.6 Å². The Morgan fingerprint density at radius 3 is 2.53 bits per heavy atom. The first kappa shape index (κ1) is 29.8. The van der Waals surface area contributed by atoms with Gasteiger partial charge in [-0.05, 0) is 36.2 Å². The number of piperazine rings is 1. The molecule has 4 aromatic rings. The molecule has 230 valence electrons. The van der Waals surface area contributed by atoms with Crippen LogP contribution in [0.2, 0.25) is 0 Å². The summed E-state index contributed by atoms with van der Waals surface area (Å²) >= 11 is 0. The molecule has 2 saturated heterocycles. The van der Waals surface area contributed by atoms with Gasteiger partial charge >= 0.3 is 6.03 Å². The number of carbonyl (C=O) groups excluding carboxylic acids is 3. The van der Waals surface area contributed by atoms with Crippen molar-refractivity contribution < 1.29 is 19.5 Å². The lowest BCUT2D eigenvalue weighted by molar-refractivity contribution is -0.191. The molecule has 3 atom stereocenters. The SMILES string of the molecule is C=CCN1CC(=O)N2[C@@H](Cc3ccc(O)cc3)C(=O)N([C@@H](C)c3cccc4cccnc34)C[C@@H]2N1C(=O)NCc1ccccc1. The summed E-state index contributed by atoms with van der Waals surface area (Å²) in [5.74, 6) is -0.346. The molecule has 0 aliphatic carbocycles. The number of hydrogen-bond acceptors (Lipinski definition) is 6. The predicted molar refractivity (Wildman–Crippen MR) is 170 cm³/mol. The molecule has 0 spiro atoms. The number of para-hydroxylation sites is 1. The minimum Gasteiger partial charge on any atom is -0.508 e. The third-order valence-corrected chi connectivity index (χ3v) is 8.56. The molecule has 2 fully saturated rings. The van der Waals surface area contributed by atoms with Crippen molar-refractivity contribution in [2.75, 3.05) is 19.6 Å². The lowest BCUT2D eigenvalue weighted by Crippen LogP contribution is -2.76. The summed E-state index contributed by atoms with van der Waals surface area (Å²) in [6, 6.07) is 24.3. The van der Waals surface area contributed by atoms with E-state index >= 15 is 0 Å². The Labute approximate surface area is 262 Å². The zero-order valence-electron chi connectivity index (χ0n) is 25.1. The molecular formula is C35H36N6O4. The Morgan fingerprint density at radius 1 is 1.02 bits per heavy atom. The standard InChI is InChI=1S/C35H36N6O4/c1-3-19-38-23-32(43)40-30(20-25-14-16-28(42)17-15-25)34(44)39(24(2)29-13-7-11-27-12-8-18-36-33(27)29)22-31(40)41(38)35(45)37-21-26-9-5-4-6-10-26/h3-18,24,30-31,42H,1,19-23H2,2H3,(H,37,45)/t24-,30-,31-/m0/s1. The Hall–Kier alpha value is -5.22. The van der Waals surface area contributed by atoms with Gasteiger partial charge in [-0.15, -0.1) is 6.58 Å². The van der Waals surface area contributed by atoms with Crippen molar-refractivity contribution in [2.45, 2.75) is 38.1 Å². The van der Waals surface area contributed by atoms with Gasteiger partial charge < -0.3 is 20.2 Å². The van der Waals surface area contributed by atoms with E-state index in [0.717, 1.165) is 27.6 Å². The first-order chi connectivity index (χ1) is 21.9. The zero-order valence-corrected chi connectivity index (χ0v) is 25.1. The molecule has 6 rings (SSSR count). The van der Waals surface area contributed by atoms with E-state index in [2.05, 4.69) is 16.9 Å². The van der Waals surface area contributed by atoms with Gasteiger partial charge in [0.15, 0.2) is 0 Å². The van der Waals surface area contributed by atoms with Crippen molar-refractivity contribution in [3.05, 3.63) is 120 Å². The van der Waals surface area contributed by atoms with E-state index < -0.39 is 18.2 Å². The second kappa shape index (κ2) is 12.8. The maximum Gasteiger partial charge on any atom is 0.334 e. The zero-order chi connectivity index (χ0) is 31.5. The number of phenolic OH excluding ortho intramolecular Hbond substituents is 1. The van der Waals surface area contributed by atoms with Crippen molar-refractivity contribution in [3.63, 3.8) is 0 Å². The Morgan fingerprint density at radius 2 is 1.78 bits per heavy atom. The molecule has 2 N–H and O–H groups in total. The van der Waals surface area contributed by atoms with E-state index in [0.29, 0.717) is 6.54 Å². The van der Waals surface area contributed by atoms with Gasteiger partial charge in [0.1, 0.15) is 18.0 Å². The number of hydrogen-bond donors (Lipinski definition) is 2. The minimum absolute atomic E-state index is 0.0799. The van der Waals surface area contributed by atoms with E-state index in [-0.39, 0.29) is 49.7 Å². The first-order valence-electron chi connectivity index (χ1n) is 15.1. The monoisotopic (exact) mass is 604 g/mol. The van der Waals surface area contributed by atoms with Crippen LogP contribution in [0.1, 0.15) is 29.7 Å². The van der Waals surface area contributed by atoms with E-state index in [1.807, 2.05) is 67.6 Å². The number of carbonyl (C=O) groups is 3. The number of benzene rings is 3. The lowest BCUT2D eigenvalue weighted by atomic mass is 9.95. The van der Waals surface area contributed by atoms with Crippen LogP contribution in [0.15, 0.2) is 104 Å². The van der Waals surface area contributed by atoms with Crippen molar-refractivity contribution in [3.8, 4) is 5.75 Å². The Kier molecular flexibility index (Phi) is 8.48. The fourth-order valence-electron chi connectivity index (χ4n) is 6.35. The number of hydrazine groups is 1. The summed E-state index contributed by atoms with van der Waals surface area (Å²) in [7, 11) is 0. The number of aromatic nitrogens is 1. The molecule has 10 nitrogen and oxygen atoms in total. The van der Waals surface area contributed by atoms with E-state index in [1.165, 1.54) is 0 Å². The van der Waals surface area contributed by atoms with E-state index in [9.17, 15) is 19.5 Å². The van der Waals surface area contributed by atoms with Gasteiger partial charge in [0, 0.05) is 36.7 Å². The van der Waals surface area contributed by atoms with Crippen molar-refractivity contribution in [1.29, 1.82) is 0 Å². The Bertz CT molecular complexity index is 1710. The summed E-state index contributed by atoms with van der Waals surface area (Å²) in [5, 5.41) is 17.1. The molecule has 4 amide bonds. The highest BCUT2D eigenvalue weighted by atomic mass is 16.3.